The molecule has 2 rings (SSSR count). The first-order chi connectivity index (χ1) is 7.18. The molecule has 0 heterocycles. The van der Waals surface area contributed by atoms with Gasteiger partial charge in [-0.3, -0.25) is 0 Å². The van der Waals surface area contributed by atoms with Crippen molar-refractivity contribution in [1.29, 1.82) is 0 Å². The van der Waals surface area contributed by atoms with Crippen molar-refractivity contribution < 1.29 is 0 Å². The average molecular weight is 218 g/mol. The number of halogens is 1. The molecule has 0 amide bonds. The minimum absolute atomic E-state index is 0.711. The zero-order valence-corrected chi connectivity index (χ0v) is 9.25. The van der Waals surface area contributed by atoms with Crippen molar-refractivity contribution in [2.45, 2.75) is 6.92 Å². The Morgan fingerprint density at radius 2 is 1.73 bits per heavy atom. The average Bonchev–Trinajstić information content (AvgIpc) is 2.23. The lowest BCUT2D eigenvalue weighted by molar-refractivity contribution is 1.46. The molecule has 15 heavy (non-hydrogen) atoms. The van der Waals surface area contributed by atoms with Crippen LogP contribution in [0, 0.1) is 6.92 Å². The van der Waals surface area contributed by atoms with E-state index in [4.69, 9.17) is 17.3 Å². The number of nitrogen functional groups attached to an aromatic ring is 1. The van der Waals surface area contributed by atoms with Crippen molar-refractivity contribution in [2.24, 2.45) is 0 Å². The fourth-order valence-corrected chi connectivity index (χ4v) is 1.81. The molecule has 0 saturated heterocycles. The van der Waals surface area contributed by atoms with Crippen LogP contribution in [0.2, 0.25) is 5.02 Å². The monoisotopic (exact) mass is 217 g/mol. The molecule has 0 aliphatic heterocycles. The molecule has 0 fully saturated rings. The predicted molar refractivity (Wildman–Crippen MR) is 66.0 cm³/mol. The third-order valence-electron chi connectivity index (χ3n) is 2.45. The lowest BCUT2D eigenvalue weighted by Gasteiger charge is -2.09. The van der Waals surface area contributed by atoms with Gasteiger partial charge in [-0.1, -0.05) is 35.9 Å². The first-order valence-corrected chi connectivity index (χ1v) is 5.17. The van der Waals surface area contributed by atoms with Gasteiger partial charge < -0.3 is 5.73 Å². The van der Waals surface area contributed by atoms with Crippen molar-refractivity contribution in [1.82, 2.24) is 0 Å². The maximum absolute atomic E-state index is 5.96. The summed E-state index contributed by atoms with van der Waals surface area (Å²) in [7, 11) is 0. The normalized spacial score (nSPS) is 10.3. The van der Waals surface area contributed by atoms with Gasteiger partial charge in [0.1, 0.15) is 0 Å². The number of hydrogen-bond donors (Lipinski definition) is 1. The number of rotatable bonds is 1. The minimum Gasteiger partial charge on any atom is -0.398 e. The van der Waals surface area contributed by atoms with E-state index in [-0.39, 0.29) is 0 Å². The van der Waals surface area contributed by atoms with Gasteiger partial charge >= 0.3 is 0 Å². The zero-order valence-electron chi connectivity index (χ0n) is 8.50. The van der Waals surface area contributed by atoms with Crippen molar-refractivity contribution >= 4 is 17.3 Å². The Morgan fingerprint density at radius 1 is 1.00 bits per heavy atom. The molecule has 2 heteroatoms. The summed E-state index contributed by atoms with van der Waals surface area (Å²) in [6, 6.07) is 13.7. The van der Waals surface area contributed by atoms with Gasteiger partial charge in [-0.2, -0.15) is 0 Å². The van der Waals surface area contributed by atoms with Gasteiger partial charge in [0, 0.05) is 16.3 Å². The molecule has 0 bridgehead atoms. The minimum atomic E-state index is 0.711. The topological polar surface area (TPSA) is 26.0 Å². The van der Waals surface area contributed by atoms with E-state index in [2.05, 4.69) is 19.1 Å². The Morgan fingerprint density at radius 3 is 2.47 bits per heavy atom. The maximum Gasteiger partial charge on any atom is 0.0413 e. The van der Waals surface area contributed by atoms with Crippen LogP contribution in [-0.4, -0.2) is 0 Å². The highest BCUT2D eigenvalue weighted by atomic mass is 35.5. The Labute approximate surface area is 94.5 Å². The molecular weight excluding hydrogens is 206 g/mol. The molecule has 2 N–H and O–H groups in total. The molecule has 0 aromatic heterocycles. The summed E-state index contributed by atoms with van der Waals surface area (Å²) in [5.74, 6) is 0. The molecule has 1 nitrogen and oxygen atoms in total. The fraction of sp³-hybridized carbons (Fsp3) is 0.0769. The van der Waals surface area contributed by atoms with Crippen molar-refractivity contribution in [2.75, 3.05) is 5.73 Å². The lowest BCUT2D eigenvalue weighted by atomic mass is 9.99. The van der Waals surface area contributed by atoms with E-state index >= 15 is 0 Å². The molecule has 0 atom stereocenters. The molecule has 0 spiro atoms. The van der Waals surface area contributed by atoms with E-state index < -0.39 is 0 Å². The summed E-state index contributed by atoms with van der Waals surface area (Å²) >= 11 is 5.96. The van der Waals surface area contributed by atoms with Crippen LogP contribution >= 0.6 is 11.6 Å². The Hall–Kier alpha value is -1.47. The molecule has 2 aromatic rings. The van der Waals surface area contributed by atoms with Crippen LogP contribution in [0.1, 0.15) is 5.56 Å². The molecule has 0 aliphatic rings. The summed E-state index contributed by atoms with van der Waals surface area (Å²) < 4.78 is 0. The van der Waals surface area contributed by atoms with Crippen molar-refractivity contribution in [3.63, 3.8) is 0 Å². The number of hydrogen-bond acceptors (Lipinski definition) is 1. The third-order valence-corrected chi connectivity index (χ3v) is 2.69. The number of aryl methyl sites for hydroxylation is 1. The van der Waals surface area contributed by atoms with Crippen molar-refractivity contribution in [3.05, 3.63) is 53.1 Å². The van der Waals surface area contributed by atoms with Gasteiger partial charge in [0.2, 0.25) is 0 Å². The molecule has 2 aromatic carbocycles. The second-order valence-corrected chi connectivity index (χ2v) is 3.98. The van der Waals surface area contributed by atoms with E-state index in [1.54, 1.807) is 6.07 Å². The summed E-state index contributed by atoms with van der Waals surface area (Å²) in [4.78, 5) is 0. The second-order valence-electron chi connectivity index (χ2n) is 3.55. The smallest absolute Gasteiger partial charge is 0.0413 e. The molecule has 0 radical (unpaired) electrons. The molecule has 0 unspecified atom stereocenters. The van der Waals surface area contributed by atoms with Crippen LogP contribution in [0.5, 0.6) is 0 Å². The number of anilines is 1. The third kappa shape index (κ3) is 1.97. The zero-order chi connectivity index (χ0) is 10.8. The molecule has 76 valence electrons. The van der Waals surface area contributed by atoms with Crippen molar-refractivity contribution in [3.8, 4) is 11.1 Å². The summed E-state index contributed by atoms with van der Waals surface area (Å²) in [6.45, 7) is 2.07. The van der Waals surface area contributed by atoms with E-state index in [9.17, 15) is 0 Å². The largest absolute Gasteiger partial charge is 0.398 e. The number of nitrogens with two attached hydrogens (primary N) is 1. The predicted octanol–water partition coefficient (Wildman–Crippen LogP) is 3.90. The fourth-order valence-electron chi connectivity index (χ4n) is 1.64. The summed E-state index contributed by atoms with van der Waals surface area (Å²) in [6.07, 6.45) is 0. The SMILES string of the molecule is Cc1ccccc1-c1cc(Cl)ccc1N. The molecule has 0 aliphatic carbocycles. The van der Waals surface area contributed by atoms with Gasteiger partial charge in [0.15, 0.2) is 0 Å². The van der Waals surface area contributed by atoms with E-state index in [1.807, 2.05) is 24.3 Å². The first kappa shape index (κ1) is 10.1. The Balaban J connectivity index is 2.64. The van der Waals surface area contributed by atoms with Crippen LogP contribution in [-0.2, 0) is 0 Å². The van der Waals surface area contributed by atoms with Gasteiger partial charge in [-0.05, 0) is 36.2 Å². The van der Waals surface area contributed by atoms with Gasteiger partial charge in [-0.25, -0.2) is 0 Å². The number of benzene rings is 2. The molecular formula is C13H12ClN. The van der Waals surface area contributed by atoms with Crippen LogP contribution in [0.25, 0.3) is 11.1 Å². The van der Waals surface area contributed by atoms with Crippen LogP contribution in [0.3, 0.4) is 0 Å². The quantitative estimate of drug-likeness (QED) is 0.721. The first-order valence-electron chi connectivity index (χ1n) is 4.79. The van der Waals surface area contributed by atoms with Crippen LogP contribution in [0.15, 0.2) is 42.5 Å². The Kier molecular flexibility index (Phi) is 2.65. The Bertz CT molecular complexity index is 492. The van der Waals surface area contributed by atoms with Gasteiger partial charge in [-0.15, -0.1) is 0 Å². The summed E-state index contributed by atoms with van der Waals surface area (Å²) in [5, 5.41) is 0.711. The van der Waals surface area contributed by atoms with Gasteiger partial charge in [0.25, 0.3) is 0 Å². The lowest BCUT2D eigenvalue weighted by Crippen LogP contribution is -1.91. The summed E-state index contributed by atoms with van der Waals surface area (Å²) in [5.41, 5.74) is 10.0. The molecule has 0 saturated carbocycles. The highest BCUT2D eigenvalue weighted by molar-refractivity contribution is 6.31. The van der Waals surface area contributed by atoms with E-state index in [0.717, 1.165) is 16.8 Å². The highest BCUT2D eigenvalue weighted by Crippen LogP contribution is 2.30. The van der Waals surface area contributed by atoms with Crippen LogP contribution < -0.4 is 5.73 Å². The standard InChI is InChI=1S/C13H12ClN/c1-9-4-2-3-5-11(9)12-8-10(14)6-7-13(12)15/h2-8H,15H2,1H3. The highest BCUT2D eigenvalue weighted by Gasteiger charge is 2.05. The van der Waals surface area contributed by atoms with E-state index in [0.29, 0.717) is 5.02 Å². The van der Waals surface area contributed by atoms with Crippen LogP contribution in [0.4, 0.5) is 5.69 Å². The van der Waals surface area contributed by atoms with Gasteiger partial charge in [0.05, 0.1) is 0 Å². The van der Waals surface area contributed by atoms with E-state index in [1.165, 1.54) is 5.56 Å². The second kappa shape index (κ2) is 3.95. The maximum atomic E-state index is 5.96.